The van der Waals surface area contributed by atoms with E-state index >= 15 is 0 Å². The number of aromatic nitrogens is 3. The highest BCUT2D eigenvalue weighted by Gasteiger charge is 2.43. The molecule has 3 aromatic rings. The van der Waals surface area contributed by atoms with Gasteiger partial charge in [0.2, 0.25) is 5.91 Å². The Balaban J connectivity index is 1.29. The second-order valence-corrected chi connectivity index (χ2v) is 9.01. The number of hydrogen-bond acceptors (Lipinski definition) is 6. The summed E-state index contributed by atoms with van der Waals surface area (Å²) in [5.41, 5.74) is 1.61. The maximum atomic E-state index is 13.2. The number of benzene rings is 1. The number of rotatable bonds is 7. The van der Waals surface area contributed by atoms with Gasteiger partial charge < -0.3 is 14.6 Å². The van der Waals surface area contributed by atoms with Gasteiger partial charge in [0.25, 0.3) is 0 Å². The molecule has 0 spiro atoms. The van der Waals surface area contributed by atoms with E-state index in [2.05, 4.69) is 20.3 Å². The number of amides is 1. The highest BCUT2D eigenvalue weighted by Crippen LogP contribution is 2.36. The molecule has 174 valence electrons. The maximum absolute atomic E-state index is 13.2. The summed E-state index contributed by atoms with van der Waals surface area (Å²) in [6.07, 6.45) is 6.82. The van der Waals surface area contributed by atoms with Crippen LogP contribution >= 0.6 is 0 Å². The van der Waals surface area contributed by atoms with Crippen LogP contribution in [0.25, 0.3) is 22.2 Å². The van der Waals surface area contributed by atoms with Gasteiger partial charge in [-0.2, -0.15) is 0 Å². The van der Waals surface area contributed by atoms with Crippen LogP contribution < -0.4 is 5.32 Å². The Bertz CT molecular complexity index is 1130. The summed E-state index contributed by atoms with van der Waals surface area (Å²) in [5.74, 6) is 1.75. The van der Waals surface area contributed by atoms with Crippen molar-refractivity contribution in [3.63, 3.8) is 0 Å². The van der Waals surface area contributed by atoms with Crippen molar-refractivity contribution in [2.75, 3.05) is 13.3 Å². The van der Waals surface area contributed by atoms with E-state index in [1.807, 2.05) is 23.1 Å². The van der Waals surface area contributed by atoms with E-state index in [9.17, 15) is 13.6 Å². The van der Waals surface area contributed by atoms with Crippen LogP contribution in [0.4, 0.5) is 8.78 Å². The number of piperidine rings is 1. The molecule has 1 unspecified atom stereocenters. The molecule has 2 saturated heterocycles. The number of fused-ring (bicyclic) bond motifs is 3. The van der Waals surface area contributed by atoms with E-state index in [-0.39, 0.29) is 30.5 Å². The zero-order valence-corrected chi connectivity index (χ0v) is 18.5. The van der Waals surface area contributed by atoms with Crippen molar-refractivity contribution in [3.8, 4) is 11.3 Å². The van der Waals surface area contributed by atoms with E-state index in [0.717, 1.165) is 42.1 Å². The molecule has 3 atom stereocenters. The first-order valence-corrected chi connectivity index (χ1v) is 11.4. The number of nitrogens with zero attached hydrogens (tertiary/aromatic N) is 4. The molecule has 7 nitrogen and oxygen atoms in total. The van der Waals surface area contributed by atoms with Gasteiger partial charge in [-0.05, 0) is 31.7 Å². The lowest BCUT2D eigenvalue weighted by Gasteiger charge is -2.40. The number of oxazole rings is 1. The van der Waals surface area contributed by atoms with Crippen LogP contribution in [0, 0.1) is 6.92 Å². The number of alkyl halides is 2. The molecule has 1 N–H and O–H groups in total. The lowest BCUT2D eigenvalue weighted by molar-refractivity contribution is -0.135. The minimum absolute atomic E-state index is 0.00912. The third kappa shape index (κ3) is 4.46. The van der Waals surface area contributed by atoms with Crippen LogP contribution in [0.5, 0.6) is 0 Å². The van der Waals surface area contributed by atoms with Gasteiger partial charge in [-0.3, -0.25) is 4.79 Å². The molecule has 1 amide bonds. The predicted octanol–water partition coefficient (Wildman–Crippen LogP) is 3.55. The van der Waals surface area contributed by atoms with Crippen LogP contribution in [0.15, 0.2) is 35.0 Å². The van der Waals surface area contributed by atoms with Crippen molar-refractivity contribution >= 4 is 16.8 Å². The molecule has 1 aromatic carbocycles. The number of hydrogen-bond donors (Lipinski definition) is 1. The monoisotopic (exact) mass is 455 g/mol. The standard InChI is InChI=1S/C24H27F2N5O2/c1-14-27-13-22(33-14)15-2-3-16-12-28-23(30-21(16)6-15)9-24(32)31-19-4-5-20(31)8-17(7-19)29-18(10-25)11-26/h2-3,6,12-13,17-20,29H,4-5,7-11H2,1H3/t17?,19-,20+. The zero-order valence-electron chi connectivity index (χ0n) is 18.5. The highest BCUT2D eigenvalue weighted by atomic mass is 19.1. The molecule has 4 heterocycles. The molecule has 0 radical (unpaired) electrons. The smallest absolute Gasteiger partial charge is 0.230 e. The number of aryl methyl sites for hydroxylation is 1. The SMILES string of the molecule is Cc1ncc(-c2ccc3cnc(CC(=O)N4[C@@H]5CC[C@H]4CC(NC(CF)CF)C5)nc3c2)o1. The minimum Gasteiger partial charge on any atom is -0.441 e. The van der Waals surface area contributed by atoms with Crippen LogP contribution in [-0.4, -0.2) is 63.3 Å². The van der Waals surface area contributed by atoms with Crippen molar-refractivity contribution in [2.45, 2.75) is 63.2 Å². The molecule has 2 bridgehead atoms. The molecule has 0 aliphatic carbocycles. The third-order valence-electron chi connectivity index (χ3n) is 6.71. The summed E-state index contributed by atoms with van der Waals surface area (Å²) >= 11 is 0. The molecule has 2 aliphatic rings. The summed E-state index contributed by atoms with van der Waals surface area (Å²) in [4.78, 5) is 28.3. The Morgan fingerprint density at radius 2 is 1.94 bits per heavy atom. The summed E-state index contributed by atoms with van der Waals surface area (Å²) in [7, 11) is 0. The lowest BCUT2D eigenvalue weighted by atomic mass is 9.96. The van der Waals surface area contributed by atoms with Gasteiger partial charge in [0, 0.05) is 42.2 Å². The summed E-state index contributed by atoms with van der Waals surface area (Å²) in [6.45, 7) is 0.354. The van der Waals surface area contributed by atoms with Gasteiger partial charge in [-0.1, -0.05) is 12.1 Å². The van der Waals surface area contributed by atoms with E-state index < -0.39 is 19.4 Å². The normalized spacial score (nSPS) is 22.4. The summed E-state index contributed by atoms with van der Waals surface area (Å²) in [6, 6.07) is 5.24. The van der Waals surface area contributed by atoms with E-state index in [4.69, 9.17) is 4.42 Å². The second kappa shape index (κ2) is 9.13. The number of carbonyl (C=O) groups excluding carboxylic acids is 1. The van der Waals surface area contributed by atoms with Gasteiger partial charge in [0.1, 0.15) is 19.2 Å². The van der Waals surface area contributed by atoms with Gasteiger partial charge >= 0.3 is 0 Å². The van der Waals surface area contributed by atoms with Crippen molar-refractivity contribution in [3.05, 3.63) is 42.3 Å². The lowest BCUT2D eigenvalue weighted by Crippen LogP contribution is -2.54. The van der Waals surface area contributed by atoms with E-state index in [0.29, 0.717) is 17.5 Å². The zero-order chi connectivity index (χ0) is 22.9. The first kappa shape index (κ1) is 21.9. The second-order valence-electron chi connectivity index (χ2n) is 9.01. The van der Waals surface area contributed by atoms with Crippen LogP contribution in [-0.2, 0) is 11.2 Å². The Labute approximate surface area is 190 Å². The molecular formula is C24H27F2N5O2. The van der Waals surface area contributed by atoms with Crippen LogP contribution in [0.3, 0.4) is 0 Å². The molecule has 2 aliphatic heterocycles. The molecule has 0 saturated carbocycles. The Morgan fingerprint density at radius 1 is 1.18 bits per heavy atom. The number of halogens is 2. The predicted molar refractivity (Wildman–Crippen MR) is 119 cm³/mol. The molecular weight excluding hydrogens is 428 g/mol. The fraction of sp³-hybridized carbons (Fsp3) is 0.500. The van der Waals surface area contributed by atoms with Crippen molar-refractivity contribution in [1.29, 1.82) is 0 Å². The van der Waals surface area contributed by atoms with Crippen molar-refractivity contribution in [2.24, 2.45) is 0 Å². The molecule has 2 aromatic heterocycles. The van der Waals surface area contributed by atoms with Gasteiger partial charge in [0.15, 0.2) is 11.7 Å². The van der Waals surface area contributed by atoms with Crippen LogP contribution in [0.1, 0.15) is 37.4 Å². The van der Waals surface area contributed by atoms with Gasteiger partial charge in [0.05, 0.1) is 24.2 Å². The Kier molecular flexibility index (Phi) is 6.05. The summed E-state index contributed by atoms with van der Waals surface area (Å²) in [5, 5.41) is 3.96. The molecule has 9 heteroatoms. The third-order valence-corrected chi connectivity index (χ3v) is 6.71. The number of carbonyl (C=O) groups is 1. The number of nitrogens with one attached hydrogen (secondary N) is 1. The fourth-order valence-electron chi connectivity index (χ4n) is 5.21. The topological polar surface area (TPSA) is 84.2 Å². The molecule has 33 heavy (non-hydrogen) atoms. The van der Waals surface area contributed by atoms with E-state index in [1.165, 1.54) is 0 Å². The minimum atomic E-state index is -0.756. The largest absolute Gasteiger partial charge is 0.441 e. The maximum Gasteiger partial charge on any atom is 0.230 e. The quantitative estimate of drug-likeness (QED) is 0.587. The highest BCUT2D eigenvalue weighted by molar-refractivity contribution is 5.84. The Hall–Kier alpha value is -2.94. The molecule has 2 fully saturated rings. The first-order valence-electron chi connectivity index (χ1n) is 11.4. The Morgan fingerprint density at radius 3 is 2.61 bits per heavy atom. The first-order chi connectivity index (χ1) is 16.0. The summed E-state index contributed by atoms with van der Waals surface area (Å²) < 4.78 is 31.4. The average Bonchev–Trinajstić information content (AvgIpc) is 3.37. The molecule has 5 rings (SSSR count). The van der Waals surface area contributed by atoms with E-state index in [1.54, 1.807) is 19.3 Å². The van der Waals surface area contributed by atoms with Crippen molar-refractivity contribution in [1.82, 2.24) is 25.2 Å². The fourth-order valence-corrected chi connectivity index (χ4v) is 5.21. The van der Waals surface area contributed by atoms with Gasteiger partial charge in [-0.25, -0.2) is 23.7 Å². The van der Waals surface area contributed by atoms with Crippen molar-refractivity contribution < 1.29 is 18.0 Å². The van der Waals surface area contributed by atoms with Gasteiger partial charge in [-0.15, -0.1) is 0 Å². The van der Waals surface area contributed by atoms with Crippen LogP contribution in [0.2, 0.25) is 0 Å². The average molecular weight is 456 g/mol.